The summed E-state index contributed by atoms with van der Waals surface area (Å²) in [7, 11) is 0. The first-order valence-corrected chi connectivity index (χ1v) is 9.50. The van der Waals surface area contributed by atoms with Crippen LogP contribution < -0.4 is 0 Å². The third-order valence-electron chi connectivity index (χ3n) is 5.55. The highest BCUT2D eigenvalue weighted by Crippen LogP contribution is 2.39. The van der Waals surface area contributed by atoms with E-state index < -0.39 is 6.10 Å². The summed E-state index contributed by atoms with van der Waals surface area (Å²) in [6, 6.07) is 8.64. The number of aliphatic hydroxyl groups excluding tert-OH is 1. The second-order valence-electron chi connectivity index (χ2n) is 8.78. The molecule has 3 nitrogen and oxygen atoms in total. The van der Waals surface area contributed by atoms with Gasteiger partial charge in [-0.1, -0.05) is 45.0 Å². The second-order valence-corrected chi connectivity index (χ2v) is 8.78. The third kappa shape index (κ3) is 4.81. The molecule has 134 valence electrons. The van der Waals surface area contributed by atoms with Crippen molar-refractivity contribution in [1.82, 2.24) is 4.90 Å². The van der Waals surface area contributed by atoms with Crippen molar-refractivity contribution in [3.05, 3.63) is 35.4 Å². The summed E-state index contributed by atoms with van der Waals surface area (Å²) in [5.74, 6) is 0.717. The van der Waals surface area contributed by atoms with Gasteiger partial charge in [0.25, 0.3) is 0 Å². The summed E-state index contributed by atoms with van der Waals surface area (Å²) < 4.78 is 6.09. The molecule has 3 rings (SSSR count). The molecule has 1 aromatic carbocycles. The first kappa shape index (κ1) is 17.9. The van der Waals surface area contributed by atoms with Gasteiger partial charge in [-0.15, -0.1) is 0 Å². The first-order valence-electron chi connectivity index (χ1n) is 9.50. The Morgan fingerprint density at radius 1 is 1.25 bits per heavy atom. The minimum Gasteiger partial charge on any atom is -0.389 e. The topological polar surface area (TPSA) is 32.7 Å². The lowest BCUT2D eigenvalue weighted by Gasteiger charge is -2.39. The normalized spacial score (nSPS) is 28.3. The lowest BCUT2D eigenvalue weighted by Crippen LogP contribution is -2.40. The molecule has 0 aromatic heterocycles. The number of aliphatic hydroxyl groups is 1. The molecule has 0 saturated heterocycles. The van der Waals surface area contributed by atoms with Crippen molar-refractivity contribution >= 4 is 0 Å². The van der Waals surface area contributed by atoms with Crippen LogP contribution in [0.15, 0.2) is 24.3 Å². The molecule has 1 aromatic rings. The highest BCUT2D eigenvalue weighted by Gasteiger charge is 2.32. The standard InChI is InChI=1S/C21H33NO2/c1-16-10-20(12-21(2,3)11-16)24-15-19(23)14-22-9-8-17-6-4-5-7-18(17)13-22/h4-7,16,19-20,23H,8-15H2,1-3H3/t16-,19-,20-/m1/s1. The van der Waals surface area contributed by atoms with Gasteiger partial charge in [0.2, 0.25) is 0 Å². The van der Waals surface area contributed by atoms with E-state index >= 15 is 0 Å². The van der Waals surface area contributed by atoms with Crippen LogP contribution in [0.3, 0.4) is 0 Å². The van der Waals surface area contributed by atoms with Crippen molar-refractivity contribution in [3.63, 3.8) is 0 Å². The third-order valence-corrected chi connectivity index (χ3v) is 5.55. The Morgan fingerprint density at radius 3 is 2.75 bits per heavy atom. The van der Waals surface area contributed by atoms with Crippen LogP contribution in [0.4, 0.5) is 0 Å². The van der Waals surface area contributed by atoms with Crippen molar-refractivity contribution in [2.24, 2.45) is 11.3 Å². The molecule has 0 spiro atoms. The van der Waals surface area contributed by atoms with Gasteiger partial charge in [-0.25, -0.2) is 0 Å². The van der Waals surface area contributed by atoms with E-state index in [-0.39, 0.29) is 0 Å². The summed E-state index contributed by atoms with van der Waals surface area (Å²) >= 11 is 0. The van der Waals surface area contributed by atoms with Crippen LogP contribution >= 0.6 is 0 Å². The molecule has 0 amide bonds. The van der Waals surface area contributed by atoms with Gasteiger partial charge in [-0.2, -0.15) is 0 Å². The average molecular weight is 332 g/mol. The summed E-state index contributed by atoms with van der Waals surface area (Å²) in [4.78, 5) is 2.35. The van der Waals surface area contributed by atoms with Gasteiger partial charge in [-0.3, -0.25) is 4.90 Å². The SMILES string of the molecule is C[C@@H]1C[C@@H](OC[C@H](O)CN2CCc3ccccc3C2)CC(C)(C)C1. The monoisotopic (exact) mass is 331 g/mol. The fourth-order valence-electron chi connectivity index (χ4n) is 4.69. The van der Waals surface area contributed by atoms with E-state index in [1.165, 1.54) is 17.5 Å². The first-order chi connectivity index (χ1) is 11.4. The largest absolute Gasteiger partial charge is 0.389 e. The number of hydrogen-bond donors (Lipinski definition) is 1. The summed E-state index contributed by atoms with van der Waals surface area (Å²) in [5, 5.41) is 10.4. The van der Waals surface area contributed by atoms with Gasteiger partial charge < -0.3 is 9.84 Å². The van der Waals surface area contributed by atoms with E-state index in [1.54, 1.807) is 0 Å². The Kier molecular flexibility index (Phi) is 5.63. The molecule has 0 unspecified atom stereocenters. The van der Waals surface area contributed by atoms with Crippen molar-refractivity contribution < 1.29 is 9.84 Å². The van der Waals surface area contributed by atoms with E-state index in [9.17, 15) is 5.11 Å². The number of ether oxygens (including phenoxy) is 1. The maximum atomic E-state index is 10.4. The van der Waals surface area contributed by atoms with Crippen LogP contribution in [0.2, 0.25) is 0 Å². The van der Waals surface area contributed by atoms with Gasteiger partial charge in [-0.05, 0) is 48.1 Å². The predicted octanol–water partition coefficient (Wildman–Crippen LogP) is 3.64. The molecular weight excluding hydrogens is 298 g/mol. The summed E-state index contributed by atoms with van der Waals surface area (Å²) in [5.41, 5.74) is 3.22. The number of β-amino-alcohol motifs (C(OH)–C–C–N with tert-alkyl or cyclic N) is 1. The number of rotatable bonds is 5. The molecule has 3 atom stereocenters. The van der Waals surface area contributed by atoms with Crippen molar-refractivity contribution in [1.29, 1.82) is 0 Å². The second kappa shape index (κ2) is 7.55. The average Bonchev–Trinajstić information content (AvgIpc) is 2.51. The van der Waals surface area contributed by atoms with Gasteiger partial charge in [0.15, 0.2) is 0 Å². The number of benzene rings is 1. The molecular formula is C21H33NO2. The van der Waals surface area contributed by atoms with Crippen molar-refractivity contribution in [2.45, 2.75) is 65.2 Å². The van der Waals surface area contributed by atoms with Crippen LogP contribution in [0, 0.1) is 11.3 Å². The number of hydrogen-bond acceptors (Lipinski definition) is 3. The fraction of sp³-hybridized carbons (Fsp3) is 0.714. The Labute approximate surface area is 147 Å². The van der Waals surface area contributed by atoms with Gasteiger partial charge in [0, 0.05) is 19.6 Å². The maximum Gasteiger partial charge on any atom is 0.0900 e. The predicted molar refractivity (Wildman–Crippen MR) is 98.0 cm³/mol. The highest BCUT2D eigenvalue weighted by molar-refractivity contribution is 5.29. The molecule has 0 bridgehead atoms. The van der Waals surface area contributed by atoms with E-state index in [1.807, 2.05) is 0 Å². The quantitative estimate of drug-likeness (QED) is 0.894. The van der Waals surface area contributed by atoms with E-state index in [2.05, 4.69) is 49.9 Å². The van der Waals surface area contributed by atoms with E-state index in [4.69, 9.17) is 4.74 Å². The molecule has 3 heteroatoms. The van der Waals surface area contributed by atoms with E-state index in [0.717, 1.165) is 38.3 Å². The molecule has 1 saturated carbocycles. The molecule has 1 aliphatic heterocycles. The van der Waals surface area contributed by atoms with Crippen LogP contribution in [0.5, 0.6) is 0 Å². The lowest BCUT2D eigenvalue weighted by molar-refractivity contribution is -0.0620. The van der Waals surface area contributed by atoms with Gasteiger partial charge >= 0.3 is 0 Å². The van der Waals surface area contributed by atoms with Crippen LogP contribution in [0.1, 0.15) is 51.2 Å². The van der Waals surface area contributed by atoms with Crippen molar-refractivity contribution in [2.75, 3.05) is 19.7 Å². The van der Waals surface area contributed by atoms with Crippen LogP contribution in [-0.2, 0) is 17.7 Å². The Hall–Kier alpha value is -0.900. The minimum atomic E-state index is -0.393. The summed E-state index contributed by atoms with van der Waals surface area (Å²) in [6.07, 6.45) is 4.52. The molecule has 1 aliphatic carbocycles. The number of nitrogens with zero attached hydrogens (tertiary/aromatic N) is 1. The van der Waals surface area contributed by atoms with E-state index in [0.29, 0.717) is 24.7 Å². The molecule has 1 fully saturated rings. The molecule has 24 heavy (non-hydrogen) atoms. The van der Waals surface area contributed by atoms with Gasteiger partial charge in [0.05, 0.1) is 18.8 Å². The smallest absolute Gasteiger partial charge is 0.0900 e. The maximum absolute atomic E-state index is 10.4. The zero-order chi connectivity index (χ0) is 17.2. The summed E-state index contributed by atoms with van der Waals surface area (Å²) in [6.45, 7) is 10.1. The van der Waals surface area contributed by atoms with Crippen LogP contribution in [-0.4, -0.2) is 41.9 Å². The molecule has 0 radical (unpaired) electrons. The zero-order valence-electron chi connectivity index (χ0n) is 15.5. The van der Waals surface area contributed by atoms with Crippen molar-refractivity contribution in [3.8, 4) is 0 Å². The Bertz CT molecular complexity index is 542. The fourth-order valence-corrected chi connectivity index (χ4v) is 4.69. The highest BCUT2D eigenvalue weighted by atomic mass is 16.5. The Morgan fingerprint density at radius 2 is 2.00 bits per heavy atom. The lowest BCUT2D eigenvalue weighted by atomic mass is 9.71. The van der Waals surface area contributed by atoms with Crippen LogP contribution in [0.25, 0.3) is 0 Å². The molecule has 1 heterocycles. The van der Waals surface area contributed by atoms with Gasteiger partial charge in [0.1, 0.15) is 0 Å². The number of fused-ring (bicyclic) bond motifs is 1. The molecule has 2 aliphatic rings. The minimum absolute atomic E-state index is 0.306. The molecule has 1 N–H and O–H groups in total. The zero-order valence-corrected chi connectivity index (χ0v) is 15.5. The Balaban J connectivity index is 1.44.